The molecule has 0 fully saturated rings. The van der Waals surface area contributed by atoms with Gasteiger partial charge in [0.15, 0.2) is 5.65 Å². The van der Waals surface area contributed by atoms with Crippen LogP contribution in [0.25, 0.3) is 5.65 Å². The third kappa shape index (κ3) is 2.31. The predicted molar refractivity (Wildman–Crippen MR) is 66.9 cm³/mol. The molecule has 0 saturated carbocycles. The molecular weight excluding hydrogens is 375 g/mol. The van der Waals surface area contributed by atoms with Gasteiger partial charge in [0.25, 0.3) is 0 Å². The lowest BCUT2D eigenvalue weighted by molar-refractivity contribution is -0.136. The molecule has 0 saturated heterocycles. The zero-order chi connectivity index (χ0) is 11.0. The van der Waals surface area contributed by atoms with Gasteiger partial charge in [-0.2, -0.15) is 0 Å². The highest BCUT2D eigenvalue weighted by Crippen LogP contribution is 2.19. The Labute approximate surface area is 108 Å². The molecule has 0 bridgehead atoms. The van der Waals surface area contributed by atoms with Crippen molar-refractivity contribution in [2.45, 2.75) is 6.42 Å². The number of rotatable bonds is 2. The normalized spacial score (nSPS) is 10.8. The quantitative estimate of drug-likeness (QED) is 0.813. The number of halogens is 2. The van der Waals surface area contributed by atoms with Gasteiger partial charge in [0.1, 0.15) is 0 Å². The van der Waals surface area contributed by atoms with Crippen LogP contribution in [0.1, 0.15) is 5.69 Å². The minimum atomic E-state index is -0.868. The van der Waals surface area contributed by atoms with Gasteiger partial charge in [-0.1, -0.05) is 0 Å². The Balaban J connectivity index is 2.55. The largest absolute Gasteiger partial charge is 0.481 e. The molecule has 2 aromatic heterocycles. The Bertz CT molecular complexity index is 538. The Hall–Kier alpha value is -0.630. The molecule has 15 heavy (non-hydrogen) atoms. The molecule has 2 aromatic rings. The highest BCUT2D eigenvalue weighted by atomic mass is 127. The van der Waals surface area contributed by atoms with Crippen LogP contribution in [0.5, 0.6) is 0 Å². The second-order valence-corrected chi connectivity index (χ2v) is 5.12. The van der Waals surface area contributed by atoms with Crippen LogP contribution in [0, 0.1) is 3.57 Å². The van der Waals surface area contributed by atoms with Crippen molar-refractivity contribution in [3.8, 4) is 0 Å². The van der Waals surface area contributed by atoms with Crippen LogP contribution in [0.2, 0.25) is 0 Å². The second kappa shape index (κ2) is 4.09. The molecule has 2 heterocycles. The topological polar surface area (TPSA) is 54.6 Å². The number of fused-ring (bicyclic) bond motifs is 1. The van der Waals surface area contributed by atoms with Crippen LogP contribution in [0.4, 0.5) is 0 Å². The number of aromatic nitrogens is 2. The Morgan fingerprint density at radius 2 is 2.33 bits per heavy atom. The minimum Gasteiger partial charge on any atom is -0.481 e. The monoisotopic (exact) mass is 380 g/mol. The number of imidazole rings is 1. The fourth-order valence-corrected chi connectivity index (χ4v) is 2.93. The fourth-order valence-electron chi connectivity index (χ4n) is 1.32. The molecule has 0 aliphatic rings. The predicted octanol–water partition coefficient (Wildman–Crippen LogP) is 2.33. The summed E-state index contributed by atoms with van der Waals surface area (Å²) in [5.41, 5.74) is 1.36. The van der Waals surface area contributed by atoms with Crippen molar-refractivity contribution >= 4 is 50.1 Å². The van der Waals surface area contributed by atoms with E-state index in [1.54, 1.807) is 6.20 Å². The lowest BCUT2D eigenvalue weighted by Crippen LogP contribution is -1.99. The van der Waals surface area contributed by atoms with Gasteiger partial charge < -0.3 is 9.51 Å². The van der Waals surface area contributed by atoms with Gasteiger partial charge >= 0.3 is 5.97 Å². The van der Waals surface area contributed by atoms with Gasteiger partial charge in [-0.3, -0.25) is 4.79 Å². The number of carboxylic acid groups (broad SMARTS) is 1. The van der Waals surface area contributed by atoms with Crippen molar-refractivity contribution in [3.05, 3.63) is 32.2 Å². The van der Waals surface area contributed by atoms with Gasteiger partial charge in [-0.15, -0.1) is 0 Å². The Kier molecular flexibility index (Phi) is 2.96. The minimum absolute atomic E-state index is 0.0463. The molecule has 78 valence electrons. The van der Waals surface area contributed by atoms with Crippen molar-refractivity contribution in [1.29, 1.82) is 0 Å². The zero-order valence-electron chi connectivity index (χ0n) is 7.44. The lowest BCUT2D eigenvalue weighted by Gasteiger charge is -1.96. The molecule has 2 rings (SSSR count). The smallest absolute Gasteiger partial charge is 0.309 e. The summed E-state index contributed by atoms with van der Waals surface area (Å²) >= 11 is 5.54. The maximum Gasteiger partial charge on any atom is 0.309 e. The van der Waals surface area contributed by atoms with E-state index in [4.69, 9.17) is 5.11 Å². The van der Waals surface area contributed by atoms with Crippen LogP contribution in [-0.2, 0) is 11.2 Å². The van der Waals surface area contributed by atoms with Crippen LogP contribution in [-0.4, -0.2) is 20.5 Å². The van der Waals surface area contributed by atoms with Crippen molar-refractivity contribution in [2.24, 2.45) is 0 Å². The van der Waals surface area contributed by atoms with E-state index in [0.717, 1.165) is 13.7 Å². The SMILES string of the molecule is O=C(O)Cc1cn2cc(Br)cc(I)c2n1. The first-order valence-electron chi connectivity index (χ1n) is 4.10. The third-order valence-electron chi connectivity index (χ3n) is 1.86. The van der Waals surface area contributed by atoms with Gasteiger partial charge in [0.05, 0.1) is 15.7 Å². The summed E-state index contributed by atoms with van der Waals surface area (Å²) in [6, 6.07) is 1.94. The van der Waals surface area contributed by atoms with Crippen molar-refractivity contribution in [2.75, 3.05) is 0 Å². The first-order valence-corrected chi connectivity index (χ1v) is 5.98. The number of aliphatic carboxylic acids is 1. The van der Waals surface area contributed by atoms with Crippen LogP contribution in [0.3, 0.4) is 0 Å². The van der Waals surface area contributed by atoms with E-state index in [1.165, 1.54) is 0 Å². The molecule has 0 aromatic carbocycles. The molecule has 6 heteroatoms. The summed E-state index contributed by atoms with van der Waals surface area (Å²) in [7, 11) is 0. The summed E-state index contributed by atoms with van der Waals surface area (Å²) in [5, 5.41) is 8.66. The van der Waals surface area contributed by atoms with E-state index in [0.29, 0.717) is 5.69 Å². The maximum atomic E-state index is 10.5. The first kappa shape index (κ1) is 10.9. The Morgan fingerprint density at radius 1 is 1.60 bits per heavy atom. The van der Waals surface area contributed by atoms with E-state index < -0.39 is 5.97 Å². The van der Waals surface area contributed by atoms with E-state index >= 15 is 0 Å². The number of nitrogens with zero attached hydrogens (tertiary/aromatic N) is 2. The first-order chi connectivity index (χ1) is 7.06. The van der Waals surface area contributed by atoms with Gasteiger partial charge in [-0.25, -0.2) is 4.98 Å². The molecule has 0 spiro atoms. The second-order valence-electron chi connectivity index (χ2n) is 3.04. The van der Waals surface area contributed by atoms with Crippen molar-refractivity contribution in [1.82, 2.24) is 9.38 Å². The number of hydrogen-bond acceptors (Lipinski definition) is 2. The highest BCUT2D eigenvalue weighted by Gasteiger charge is 2.08. The molecule has 0 amide bonds. The number of pyridine rings is 1. The fraction of sp³-hybridized carbons (Fsp3) is 0.111. The van der Waals surface area contributed by atoms with E-state index in [1.807, 2.05) is 16.7 Å². The molecule has 0 radical (unpaired) electrons. The molecular formula is C9H6BrIN2O2. The van der Waals surface area contributed by atoms with Gasteiger partial charge in [0, 0.05) is 16.9 Å². The standard InChI is InChI=1S/C9H6BrIN2O2/c10-5-1-7(11)9-12-6(2-8(14)15)4-13(9)3-5/h1,3-4H,2H2,(H,14,15). The lowest BCUT2D eigenvalue weighted by atomic mass is 10.3. The average molecular weight is 381 g/mol. The average Bonchev–Trinajstić information content (AvgIpc) is 2.45. The molecule has 4 nitrogen and oxygen atoms in total. The molecule has 0 atom stereocenters. The summed E-state index contributed by atoms with van der Waals surface area (Å²) < 4.78 is 3.75. The van der Waals surface area contributed by atoms with Crippen LogP contribution < -0.4 is 0 Å². The third-order valence-corrected chi connectivity index (χ3v) is 3.08. The van der Waals surface area contributed by atoms with Gasteiger partial charge in [0.2, 0.25) is 0 Å². The number of carboxylic acids is 1. The molecule has 0 unspecified atom stereocenters. The summed E-state index contributed by atoms with van der Waals surface area (Å²) in [5.74, 6) is -0.868. The summed E-state index contributed by atoms with van der Waals surface area (Å²) in [6.45, 7) is 0. The van der Waals surface area contributed by atoms with E-state index in [9.17, 15) is 4.79 Å². The van der Waals surface area contributed by atoms with E-state index in [-0.39, 0.29) is 6.42 Å². The van der Waals surface area contributed by atoms with Gasteiger partial charge in [-0.05, 0) is 44.6 Å². The van der Waals surface area contributed by atoms with Crippen molar-refractivity contribution < 1.29 is 9.90 Å². The summed E-state index contributed by atoms with van der Waals surface area (Å²) in [4.78, 5) is 14.8. The zero-order valence-corrected chi connectivity index (χ0v) is 11.2. The maximum absolute atomic E-state index is 10.5. The highest BCUT2D eigenvalue weighted by molar-refractivity contribution is 14.1. The van der Waals surface area contributed by atoms with Crippen molar-refractivity contribution in [3.63, 3.8) is 0 Å². The number of carbonyl (C=O) groups is 1. The molecule has 0 aliphatic carbocycles. The van der Waals surface area contributed by atoms with Crippen LogP contribution in [0.15, 0.2) is 22.9 Å². The Morgan fingerprint density at radius 3 is 3.00 bits per heavy atom. The van der Waals surface area contributed by atoms with Crippen LogP contribution >= 0.6 is 38.5 Å². The van der Waals surface area contributed by atoms with E-state index in [2.05, 4.69) is 43.5 Å². The molecule has 1 N–H and O–H groups in total. The summed E-state index contributed by atoms with van der Waals surface area (Å²) in [6.07, 6.45) is 3.54. The number of hydrogen-bond donors (Lipinski definition) is 1. The molecule has 0 aliphatic heterocycles.